The van der Waals surface area contributed by atoms with E-state index >= 15 is 0 Å². The molecule has 1 aliphatic rings. The van der Waals surface area contributed by atoms with Crippen LogP contribution in [0.25, 0.3) is 0 Å². The Kier molecular flexibility index (Phi) is 3.81. The summed E-state index contributed by atoms with van der Waals surface area (Å²) in [5.74, 6) is -0.102. The second kappa shape index (κ2) is 5.35. The molecule has 18 heavy (non-hydrogen) atoms. The zero-order chi connectivity index (χ0) is 13.1. The van der Waals surface area contributed by atoms with Crippen molar-refractivity contribution in [3.05, 3.63) is 33.3 Å². The Hall–Kier alpha value is -1.62. The average Bonchev–Trinajstić information content (AvgIpc) is 2.85. The summed E-state index contributed by atoms with van der Waals surface area (Å²) in [6.07, 6.45) is 3.86. The standard InChI is InChI=1S/C12H13ClN2O3/c13-10-6-5-9(15(17)18)7-11(10)14-12(16)8-3-1-2-4-8/h5-8H,1-4H2,(H,14,16). The minimum Gasteiger partial charge on any atom is -0.324 e. The van der Waals surface area contributed by atoms with E-state index in [2.05, 4.69) is 5.32 Å². The van der Waals surface area contributed by atoms with E-state index in [1.54, 1.807) is 0 Å². The zero-order valence-electron chi connectivity index (χ0n) is 9.69. The fourth-order valence-electron chi connectivity index (χ4n) is 2.15. The molecule has 5 nitrogen and oxygen atoms in total. The van der Waals surface area contributed by atoms with Gasteiger partial charge in [0.25, 0.3) is 5.69 Å². The van der Waals surface area contributed by atoms with Gasteiger partial charge in [-0.25, -0.2) is 0 Å². The van der Waals surface area contributed by atoms with Gasteiger partial charge in [0, 0.05) is 18.1 Å². The van der Waals surface area contributed by atoms with Gasteiger partial charge >= 0.3 is 0 Å². The van der Waals surface area contributed by atoms with E-state index in [1.807, 2.05) is 0 Å². The Morgan fingerprint density at radius 1 is 1.39 bits per heavy atom. The predicted octanol–water partition coefficient (Wildman–Crippen LogP) is 3.38. The van der Waals surface area contributed by atoms with Crippen LogP contribution in [0.2, 0.25) is 5.02 Å². The number of hydrogen-bond donors (Lipinski definition) is 1. The molecule has 0 radical (unpaired) electrons. The molecule has 1 aliphatic carbocycles. The Morgan fingerprint density at radius 2 is 2.06 bits per heavy atom. The van der Waals surface area contributed by atoms with Gasteiger partial charge in [-0.1, -0.05) is 24.4 Å². The second-order valence-electron chi connectivity index (χ2n) is 4.39. The largest absolute Gasteiger partial charge is 0.324 e. The van der Waals surface area contributed by atoms with Crippen molar-refractivity contribution < 1.29 is 9.72 Å². The Morgan fingerprint density at radius 3 is 2.67 bits per heavy atom. The molecular formula is C12H13ClN2O3. The molecule has 0 atom stereocenters. The monoisotopic (exact) mass is 268 g/mol. The quantitative estimate of drug-likeness (QED) is 0.675. The number of halogens is 1. The second-order valence-corrected chi connectivity index (χ2v) is 4.80. The van der Waals surface area contributed by atoms with Gasteiger partial charge in [0.2, 0.25) is 5.91 Å². The van der Waals surface area contributed by atoms with E-state index in [1.165, 1.54) is 18.2 Å². The maximum Gasteiger partial charge on any atom is 0.271 e. The van der Waals surface area contributed by atoms with E-state index in [9.17, 15) is 14.9 Å². The van der Waals surface area contributed by atoms with Crippen LogP contribution < -0.4 is 5.32 Å². The highest BCUT2D eigenvalue weighted by atomic mass is 35.5. The van der Waals surface area contributed by atoms with Crippen LogP contribution in [0.5, 0.6) is 0 Å². The first-order valence-corrected chi connectivity index (χ1v) is 6.20. The minimum atomic E-state index is -0.512. The molecule has 0 unspecified atom stereocenters. The Labute approximate surface area is 109 Å². The number of anilines is 1. The number of non-ortho nitro benzene ring substituents is 1. The lowest BCUT2D eigenvalue weighted by Gasteiger charge is -2.11. The fraction of sp³-hybridized carbons (Fsp3) is 0.417. The maximum absolute atomic E-state index is 11.9. The van der Waals surface area contributed by atoms with E-state index < -0.39 is 4.92 Å². The first-order chi connectivity index (χ1) is 8.58. The maximum atomic E-state index is 11.9. The van der Waals surface area contributed by atoms with Gasteiger partial charge in [-0.2, -0.15) is 0 Å². The molecule has 1 aromatic rings. The lowest BCUT2D eigenvalue weighted by atomic mass is 10.1. The molecule has 0 spiro atoms. The number of hydrogen-bond acceptors (Lipinski definition) is 3. The number of nitro benzene ring substituents is 1. The van der Waals surface area contributed by atoms with Gasteiger partial charge in [-0.3, -0.25) is 14.9 Å². The zero-order valence-corrected chi connectivity index (χ0v) is 10.4. The summed E-state index contributed by atoms with van der Waals surface area (Å²) in [7, 11) is 0. The first-order valence-electron chi connectivity index (χ1n) is 5.83. The van der Waals surface area contributed by atoms with Crippen molar-refractivity contribution in [1.82, 2.24) is 0 Å². The van der Waals surface area contributed by atoms with Crippen molar-refractivity contribution in [2.24, 2.45) is 5.92 Å². The lowest BCUT2D eigenvalue weighted by molar-refractivity contribution is -0.384. The third kappa shape index (κ3) is 2.79. The molecule has 6 heteroatoms. The molecule has 1 amide bonds. The molecule has 1 N–H and O–H groups in total. The van der Waals surface area contributed by atoms with Gasteiger partial charge in [0.15, 0.2) is 0 Å². The number of carbonyl (C=O) groups excluding carboxylic acids is 1. The smallest absolute Gasteiger partial charge is 0.271 e. The van der Waals surface area contributed by atoms with Crippen molar-refractivity contribution in [2.45, 2.75) is 25.7 Å². The van der Waals surface area contributed by atoms with Crippen molar-refractivity contribution in [1.29, 1.82) is 0 Å². The number of amides is 1. The van der Waals surface area contributed by atoms with Crippen LogP contribution >= 0.6 is 11.6 Å². The SMILES string of the molecule is O=C(Nc1cc([N+](=O)[O-])ccc1Cl)C1CCCC1. The number of benzene rings is 1. The van der Waals surface area contributed by atoms with E-state index in [4.69, 9.17) is 11.6 Å². The van der Waals surface area contributed by atoms with Crippen molar-refractivity contribution in [2.75, 3.05) is 5.32 Å². The first kappa shape index (κ1) is 12.8. The third-order valence-electron chi connectivity index (χ3n) is 3.14. The number of carbonyl (C=O) groups is 1. The van der Waals surface area contributed by atoms with Gasteiger partial charge in [-0.15, -0.1) is 0 Å². The summed E-state index contributed by atoms with van der Waals surface area (Å²) in [6, 6.07) is 4.02. The number of nitro groups is 1. The molecule has 0 aromatic heterocycles. The summed E-state index contributed by atoms with van der Waals surface area (Å²) < 4.78 is 0. The predicted molar refractivity (Wildman–Crippen MR) is 68.7 cm³/mol. The van der Waals surface area contributed by atoms with Gasteiger partial charge in [-0.05, 0) is 18.9 Å². The molecule has 1 fully saturated rings. The average molecular weight is 269 g/mol. The van der Waals surface area contributed by atoms with Crippen LogP contribution in [0.4, 0.5) is 11.4 Å². The summed E-state index contributed by atoms with van der Waals surface area (Å²) >= 11 is 5.91. The van der Waals surface area contributed by atoms with E-state index in [-0.39, 0.29) is 17.5 Å². The molecule has 0 saturated heterocycles. The fourth-order valence-corrected chi connectivity index (χ4v) is 2.31. The summed E-state index contributed by atoms with van der Waals surface area (Å²) in [4.78, 5) is 22.1. The molecule has 0 heterocycles. The van der Waals surface area contributed by atoms with Crippen molar-refractivity contribution in [3.63, 3.8) is 0 Å². The molecule has 0 aliphatic heterocycles. The molecule has 1 aromatic carbocycles. The lowest BCUT2D eigenvalue weighted by Crippen LogP contribution is -2.20. The number of nitrogens with zero attached hydrogens (tertiary/aromatic N) is 1. The van der Waals surface area contributed by atoms with Crippen LogP contribution in [-0.4, -0.2) is 10.8 Å². The Bertz CT molecular complexity index is 484. The van der Waals surface area contributed by atoms with E-state index in [0.29, 0.717) is 10.7 Å². The van der Waals surface area contributed by atoms with Crippen molar-refractivity contribution >= 4 is 28.9 Å². The topological polar surface area (TPSA) is 72.2 Å². The molecule has 0 bridgehead atoms. The highest BCUT2D eigenvalue weighted by Crippen LogP contribution is 2.30. The normalized spacial score (nSPS) is 15.6. The molecule has 96 valence electrons. The minimum absolute atomic E-state index is 0.000305. The Balaban J connectivity index is 2.14. The third-order valence-corrected chi connectivity index (χ3v) is 3.47. The number of rotatable bonds is 3. The molecule has 2 rings (SSSR count). The van der Waals surface area contributed by atoms with Gasteiger partial charge in [0.05, 0.1) is 15.6 Å². The van der Waals surface area contributed by atoms with Gasteiger partial charge in [0.1, 0.15) is 0 Å². The van der Waals surface area contributed by atoms with E-state index in [0.717, 1.165) is 25.7 Å². The van der Waals surface area contributed by atoms with Crippen LogP contribution in [-0.2, 0) is 4.79 Å². The van der Waals surface area contributed by atoms with Crippen LogP contribution in [0.3, 0.4) is 0 Å². The highest BCUT2D eigenvalue weighted by Gasteiger charge is 2.23. The summed E-state index contributed by atoms with van der Waals surface area (Å²) in [5.41, 5.74) is 0.226. The summed E-state index contributed by atoms with van der Waals surface area (Å²) in [5, 5.41) is 13.6. The highest BCUT2D eigenvalue weighted by molar-refractivity contribution is 6.33. The molecule has 1 saturated carbocycles. The number of nitrogens with one attached hydrogen (secondary N) is 1. The van der Waals surface area contributed by atoms with Crippen LogP contribution in [0, 0.1) is 16.0 Å². The van der Waals surface area contributed by atoms with Crippen LogP contribution in [0.15, 0.2) is 18.2 Å². The van der Waals surface area contributed by atoms with Gasteiger partial charge < -0.3 is 5.32 Å². The van der Waals surface area contributed by atoms with Crippen molar-refractivity contribution in [3.8, 4) is 0 Å². The summed E-state index contributed by atoms with van der Waals surface area (Å²) in [6.45, 7) is 0. The van der Waals surface area contributed by atoms with Crippen LogP contribution in [0.1, 0.15) is 25.7 Å². The molecular weight excluding hydrogens is 256 g/mol.